The number of carbonyl (C=O) groups is 1. The molecule has 0 spiro atoms. The summed E-state index contributed by atoms with van der Waals surface area (Å²) in [6, 6.07) is 4.85. The predicted molar refractivity (Wildman–Crippen MR) is 96.4 cm³/mol. The van der Waals surface area contributed by atoms with E-state index in [1.807, 2.05) is 40.8 Å². The van der Waals surface area contributed by atoms with Gasteiger partial charge in [-0.2, -0.15) is 0 Å². The molecule has 0 aromatic heterocycles. The Kier molecular flexibility index (Phi) is 5.45. The van der Waals surface area contributed by atoms with Crippen molar-refractivity contribution in [3.8, 4) is 0 Å². The second kappa shape index (κ2) is 6.88. The molecule has 2 N–H and O–H groups in total. The molecule has 0 radical (unpaired) electrons. The van der Waals surface area contributed by atoms with Gasteiger partial charge in [0, 0.05) is 6.54 Å². The minimum Gasteiger partial charge on any atom is -0.478 e. The van der Waals surface area contributed by atoms with E-state index in [1.165, 1.54) is 6.07 Å². The minimum atomic E-state index is -1.04. The lowest BCUT2D eigenvalue weighted by Crippen LogP contribution is -2.41. The Bertz CT molecular complexity index is 657. The number of hydrogen-bond acceptors (Lipinski definition) is 4. The van der Waals surface area contributed by atoms with Crippen LogP contribution >= 0.6 is 11.6 Å². The van der Waals surface area contributed by atoms with Crippen LogP contribution in [0, 0.1) is 0 Å². The first-order valence-corrected chi connectivity index (χ1v) is 8.19. The first-order chi connectivity index (χ1) is 11.1. The molecule has 130 valence electrons. The van der Waals surface area contributed by atoms with Gasteiger partial charge in [0.1, 0.15) is 0 Å². The van der Waals surface area contributed by atoms with Crippen molar-refractivity contribution in [1.29, 1.82) is 0 Å². The third-order valence-electron chi connectivity index (χ3n) is 4.51. The van der Waals surface area contributed by atoms with Crippen LogP contribution in [0.1, 0.15) is 43.6 Å². The van der Waals surface area contributed by atoms with Gasteiger partial charge in [-0.1, -0.05) is 23.7 Å². The average molecular weight is 352 g/mol. The molecular weight excluding hydrogens is 328 g/mol. The van der Waals surface area contributed by atoms with Crippen LogP contribution in [0.15, 0.2) is 23.7 Å². The zero-order valence-corrected chi connectivity index (χ0v) is 15.4. The number of nitrogens with one attached hydrogen (secondary N) is 1. The van der Waals surface area contributed by atoms with Gasteiger partial charge in [0.15, 0.2) is 0 Å². The van der Waals surface area contributed by atoms with E-state index in [1.54, 1.807) is 12.1 Å². The lowest BCUT2D eigenvalue weighted by molar-refractivity contribution is 0.00578. The predicted octanol–water partition coefficient (Wildman–Crippen LogP) is 3.27. The van der Waals surface area contributed by atoms with Crippen molar-refractivity contribution in [2.75, 3.05) is 13.6 Å². The molecule has 5 nitrogen and oxygen atoms in total. The van der Waals surface area contributed by atoms with Gasteiger partial charge in [-0.15, -0.1) is 0 Å². The van der Waals surface area contributed by atoms with Gasteiger partial charge in [0.25, 0.3) is 0 Å². The number of carboxylic acid groups (broad SMARTS) is 1. The van der Waals surface area contributed by atoms with Crippen molar-refractivity contribution in [1.82, 2.24) is 5.32 Å². The van der Waals surface area contributed by atoms with Crippen molar-refractivity contribution in [3.05, 3.63) is 39.8 Å². The molecule has 0 atom stereocenters. The number of rotatable bonds is 5. The van der Waals surface area contributed by atoms with Crippen molar-refractivity contribution in [2.45, 2.75) is 38.9 Å². The Morgan fingerprint density at radius 1 is 1.29 bits per heavy atom. The maximum absolute atomic E-state index is 11.1. The summed E-state index contributed by atoms with van der Waals surface area (Å²) < 4.78 is 12.2. The molecule has 0 bridgehead atoms. The van der Waals surface area contributed by atoms with Crippen molar-refractivity contribution in [3.63, 3.8) is 0 Å². The lowest BCUT2D eigenvalue weighted by atomic mass is 9.77. The topological polar surface area (TPSA) is 67.8 Å². The Hall–Kier alpha value is -1.34. The molecule has 24 heavy (non-hydrogen) atoms. The fourth-order valence-electron chi connectivity index (χ4n) is 2.41. The van der Waals surface area contributed by atoms with Gasteiger partial charge in [-0.3, -0.25) is 0 Å². The fraction of sp³-hybridized carbons (Fsp3) is 0.471. The van der Waals surface area contributed by atoms with E-state index >= 15 is 0 Å². The zero-order chi connectivity index (χ0) is 18.1. The molecule has 1 aromatic carbocycles. The van der Waals surface area contributed by atoms with Crippen LogP contribution in [0.5, 0.6) is 0 Å². The van der Waals surface area contributed by atoms with Gasteiger partial charge >= 0.3 is 13.1 Å². The molecule has 7 heteroatoms. The van der Waals surface area contributed by atoms with Gasteiger partial charge in [-0.05, 0) is 57.9 Å². The van der Waals surface area contributed by atoms with E-state index in [0.717, 1.165) is 11.0 Å². The fourth-order valence-corrected chi connectivity index (χ4v) is 2.68. The number of hydrogen-bond donors (Lipinski definition) is 2. The highest BCUT2D eigenvalue weighted by Gasteiger charge is 2.52. The number of likely N-dealkylation sites (N-methyl/N-ethyl adjacent to an activating group) is 1. The van der Waals surface area contributed by atoms with Gasteiger partial charge in [-0.25, -0.2) is 4.79 Å². The van der Waals surface area contributed by atoms with Gasteiger partial charge in [0.2, 0.25) is 0 Å². The van der Waals surface area contributed by atoms with Crippen LogP contribution in [0.25, 0.3) is 6.08 Å². The first-order valence-electron chi connectivity index (χ1n) is 7.81. The summed E-state index contributed by atoms with van der Waals surface area (Å²) in [4.78, 5) is 11.1. The van der Waals surface area contributed by atoms with Crippen LogP contribution in [-0.2, 0) is 9.31 Å². The highest BCUT2D eigenvalue weighted by atomic mass is 35.5. The van der Waals surface area contributed by atoms with Gasteiger partial charge in [0.05, 0.1) is 21.8 Å². The summed E-state index contributed by atoms with van der Waals surface area (Å²) in [5, 5.41) is 12.4. The SMILES string of the molecule is CNCC(=Cc1ccc(C(=O)O)c(Cl)c1)B1OC(C)(C)C(C)(C)O1. The van der Waals surface area contributed by atoms with E-state index in [-0.39, 0.29) is 10.6 Å². The summed E-state index contributed by atoms with van der Waals surface area (Å²) in [5.74, 6) is -1.04. The highest BCUT2D eigenvalue weighted by Crippen LogP contribution is 2.38. The quantitative estimate of drug-likeness (QED) is 0.797. The molecule has 1 fully saturated rings. The van der Waals surface area contributed by atoms with Gasteiger partial charge < -0.3 is 19.7 Å². The third kappa shape index (κ3) is 3.83. The number of benzene rings is 1. The Morgan fingerprint density at radius 3 is 2.33 bits per heavy atom. The molecular formula is C17H23BClNO4. The molecule has 1 aromatic rings. The minimum absolute atomic E-state index is 0.0830. The number of carboxylic acids is 1. The van der Waals surface area contributed by atoms with Crippen molar-refractivity contribution < 1.29 is 19.2 Å². The van der Waals surface area contributed by atoms with Crippen LogP contribution < -0.4 is 5.32 Å². The smallest absolute Gasteiger partial charge is 0.478 e. The first kappa shape index (κ1) is 19.0. The van der Waals surface area contributed by atoms with E-state index in [0.29, 0.717) is 6.54 Å². The molecule has 1 aliphatic rings. The van der Waals surface area contributed by atoms with Crippen LogP contribution in [-0.4, -0.2) is 43.0 Å². The molecule has 0 amide bonds. The average Bonchev–Trinajstić information content (AvgIpc) is 2.66. The monoisotopic (exact) mass is 351 g/mol. The standard InChI is InChI=1S/C17H23BClNO4/c1-16(2)17(3,4)24-18(23-16)12(10-20-5)8-11-6-7-13(15(21)22)14(19)9-11/h6-9,20H,10H2,1-5H3,(H,21,22). The third-order valence-corrected chi connectivity index (χ3v) is 4.83. The Morgan fingerprint density at radius 2 is 1.88 bits per heavy atom. The van der Waals surface area contributed by atoms with Crippen LogP contribution in [0.4, 0.5) is 0 Å². The second-order valence-electron chi connectivity index (χ2n) is 6.88. The molecule has 0 unspecified atom stereocenters. The molecule has 2 rings (SSSR count). The Labute approximate surface area is 148 Å². The maximum Gasteiger partial charge on any atom is 0.491 e. The number of halogens is 1. The van der Waals surface area contributed by atoms with E-state index in [4.69, 9.17) is 26.0 Å². The van der Waals surface area contributed by atoms with Crippen molar-refractivity contribution >= 4 is 30.8 Å². The summed E-state index contributed by atoms with van der Waals surface area (Å²) in [7, 11) is 1.37. The van der Waals surface area contributed by atoms with Crippen molar-refractivity contribution in [2.24, 2.45) is 0 Å². The molecule has 1 heterocycles. The van der Waals surface area contributed by atoms with Crippen LogP contribution in [0.2, 0.25) is 5.02 Å². The summed E-state index contributed by atoms with van der Waals surface area (Å²) in [6.45, 7) is 8.59. The second-order valence-corrected chi connectivity index (χ2v) is 7.29. The number of aromatic carboxylic acids is 1. The molecule has 1 saturated heterocycles. The summed E-state index contributed by atoms with van der Waals surface area (Å²) in [5.41, 5.74) is 0.949. The molecule has 0 aliphatic carbocycles. The van der Waals surface area contributed by atoms with E-state index < -0.39 is 24.3 Å². The Balaban J connectivity index is 2.33. The largest absolute Gasteiger partial charge is 0.491 e. The summed E-state index contributed by atoms with van der Waals surface area (Å²) in [6.07, 6.45) is 1.91. The van der Waals surface area contributed by atoms with E-state index in [9.17, 15) is 4.79 Å². The molecule has 0 saturated carbocycles. The maximum atomic E-state index is 11.1. The van der Waals surface area contributed by atoms with Crippen LogP contribution in [0.3, 0.4) is 0 Å². The lowest BCUT2D eigenvalue weighted by Gasteiger charge is -2.32. The highest BCUT2D eigenvalue weighted by molar-refractivity contribution is 6.56. The molecule has 1 aliphatic heterocycles. The normalized spacial score (nSPS) is 19.6. The zero-order valence-electron chi connectivity index (χ0n) is 14.6. The summed E-state index contributed by atoms with van der Waals surface area (Å²) >= 11 is 6.05. The van der Waals surface area contributed by atoms with E-state index in [2.05, 4.69) is 5.32 Å².